The van der Waals surface area contributed by atoms with Crippen molar-refractivity contribution in [2.24, 2.45) is 0 Å². The minimum atomic E-state index is -3.00. The van der Waals surface area contributed by atoms with Gasteiger partial charge in [0.2, 0.25) is 5.91 Å². The number of benzene rings is 2. The van der Waals surface area contributed by atoms with Gasteiger partial charge in [-0.05, 0) is 42.5 Å². The normalized spacial score (nSPS) is 14.2. The molecule has 0 saturated carbocycles. The summed E-state index contributed by atoms with van der Waals surface area (Å²) in [5.41, 5.74) is 1.32. The third kappa shape index (κ3) is 6.63. The van der Waals surface area contributed by atoms with Crippen molar-refractivity contribution in [1.29, 1.82) is 0 Å². The Morgan fingerprint density at radius 3 is 2.29 bits per heavy atom. The van der Waals surface area contributed by atoms with Gasteiger partial charge in [0.1, 0.15) is 0 Å². The highest BCUT2D eigenvalue weighted by Gasteiger charge is 2.16. The van der Waals surface area contributed by atoms with E-state index in [0.717, 1.165) is 13.1 Å². The summed E-state index contributed by atoms with van der Waals surface area (Å²) in [7, 11) is 1.29. The summed E-state index contributed by atoms with van der Waals surface area (Å²) in [6.45, 7) is -0.0296. The van der Waals surface area contributed by atoms with Crippen molar-refractivity contribution in [2.45, 2.75) is 6.61 Å². The lowest BCUT2D eigenvalue weighted by Gasteiger charge is -2.25. The van der Waals surface area contributed by atoms with Crippen LogP contribution in [-0.4, -0.2) is 63.3 Å². The average Bonchev–Trinajstić information content (AvgIpc) is 2.75. The van der Waals surface area contributed by atoms with Gasteiger partial charge in [0, 0.05) is 30.0 Å². The molecule has 2 aromatic rings. The Hall–Kier alpha value is -3.24. The van der Waals surface area contributed by atoms with Gasteiger partial charge in [-0.25, -0.2) is 0 Å². The number of carbonyl (C=O) groups is 2. The minimum absolute atomic E-state index is 0.0197. The number of amides is 2. The monoisotopic (exact) mass is 435 g/mol. The van der Waals surface area contributed by atoms with Crippen molar-refractivity contribution in [3.8, 4) is 11.5 Å². The molecule has 0 radical (unpaired) electrons. The first kappa shape index (κ1) is 22.4. The predicted octanol–water partition coefficient (Wildman–Crippen LogP) is 2.82. The van der Waals surface area contributed by atoms with E-state index in [0.29, 0.717) is 24.6 Å². The van der Waals surface area contributed by atoms with E-state index in [4.69, 9.17) is 9.47 Å². The number of nitrogens with zero attached hydrogens (tertiary/aromatic N) is 1. The Labute approximate surface area is 178 Å². The Balaban J connectivity index is 1.56. The third-order valence-corrected chi connectivity index (χ3v) is 4.54. The van der Waals surface area contributed by atoms with Crippen LogP contribution in [0.5, 0.6) is 11.5 Å². The highest BCUT2D eigenvalue weighted by Crippen LogP contribution is 2.29. The van der Waals surface area contributed by atoms with Crippen LogP contribution in [0.1, 0.15) is 10.4 Å². The largest absolute Gasteiger partial charge is 0.493 e. The SMILES string of the molecule is COc1cc(C(=O)Nc2ccc(NC(=O)CN3CCOCC3)cc2)ccc1OC(F)F. The molecule has 166 valence electrons. The number of morpholine rings is 1. The Morgan fingerprint density at radius 1 is 1.03 bits per heavy atom. The molecule has 2 N–H and O–H groups in total. The van der Waals surface area contributed by atoms with Gasteiger partial charge in [0.25, 0.3) is 5.91 Å². The van der Waals surface area contributed by atoms with Gasteiger partial charge in [-0.3, -0.25) is 14.5 Å². The molecule has 1 saturated heterocycles. The second kappa shape index (κ2) is 10.7. The van der Waals surface area contributed by atoms with E-state index in [9.17, 15) is 18.4 Å². The molecular formula is C21H23F2N3O5. The van der Waals surface area contributed by atoms with E-state index in [2.05, 4.69) is 15.4 Å². The molecule has 0 atom stereocenters. The number of nitrogens with one attached hydrogen (secondary N) is 2. The quantitative estimate of drug-likeness (QED) is 0.663. The number of anilines is 2. The second-order valence-electron chi connectivity index (χ2n) is 6.71. The van der Waals surface area contributed by atoms with Crippen LogP contribution < -0.4 is 20.1 Å². The van der Waals surface area contributed by atoms with E-state index in [-0.39, 0.29) is 29.5 Å². The van der Waals surface area contributed by atoms with Crippen LogP contribution in [0.2, 0.25) is 0 Å². The number of hydrogen-bond acceptors (Lipinski definition) is 6. The zero-order valence-corrected chi connectivity index (χ0v) is 16.9. The van der Waals surface area contributed by atoms with Crippen LogP contribution in [0.25, 0.3) is 0 Å². The molecule has 1 fully saturated rings. The first-order valence-electron chi connectivity index (χ1n) is 9.59. The first-order chi connectivity index (χ1) is 14.9. The maximum atomic E-state index is 12.5. The van der Waals surface area contributed by atoms with Gasteiger partial charge in [-0.15, -0.1) is 0 Å². The van der Waals surface area contributed by atoms with Gasteiger partial charge in [-0.2, -0.15) is 8.78 Å². The van der Waals surface area contributed by atoms with Crippen molar-refractivity contribution in [1.82, 2.24) is 4.90 Å². The van der Waals surface area contributed by atoms with E-state index >= 15 is 0 Å². The van der Waals surface area contributed by atoms with Gasteiger partial charge in [-0.1, -0.05) is 0 Å². The van der Waals surface area contributed by atoms with Crippen molar-refractivity contribution >= 4 is 23.2 Å². The molecular weight excluding hydrogens is 412 g/mol. The predicted molar refractivity (Wildman–Crippen MR) is 110 cm³/mol. The molecule has 0 spiro atoms. The number of hydrogen-bond donors (Lipinski definition) is 2. The van der Waals surface area contributed by atoms with Crippen molar-refractivity contribution in [2.75, 3.05) is 50.6 Å². The Bertz CT molecular complexity index is 902. The molecule has 1 aliphatic rings. The Kier molecular flexibility index (Phi) is 7.74. The molecule has 0 aromatic heterocycles. The standard InChI is InChI=1S/C21H23F2N3O5/c1-29-18-12-14(2-7-17(18)31-21(22)23)20(28)25-16-5-3-15(4-6-16)24-19(27)13-26-8-10-30-11-9-26/h2-7,12,21H,8-11,13H2,1H3,(H,24,27)(H,25,28). The first-order valence-corrected chi connectivity index (χ1v) is 9.59. The maximum Gasteiger partial charge on any atom is 0.387 e. The van der Waals surface area contributed by atoms with Crippen molar-refractivity contribution in [3.05, 3.63) is 48.0 Å². The fraction of sp³-hybridized carbons (Fsp3) is 0.333. The summed E-state index contributed by atoms with van der Waals surface area (Å²) in [5, 5.41) is 5.51. The highest BCUT2D eigenvalue weighted by atomic mass is 19.3. The summed E-state index contributed by atoms with van der Waals surface area (Å²) in [6, 6.07) is 10.6. The number of halogens is 2. The van der Waals surface area contributed by atoms with E-state index in [1.165, 1.54) is 25.3 Å². The fourth-order valence-corrected chi connectivity index (χ4v) is 3.01. The second-order valence-corrected chi connectivity index (χ2v) is 6.71. The fourth-order valence-electron chi connectivity index (χ4n) is 3.01. The molecule has 0 aliphatic carbocycles. The molecule has 0 bridgehead atoms. The van der Waals surface area contributed by atoms with E-state index in [1.807, 2.05) is 4.90 Å². The summed E-state index contributed by atoms with van der Waals surface area (Å²) in [5.74, 6) is -0.722. The molecule has 2 aromatic carbocycles. The summed E-state index contributed by atoms with van der Waals surface area (Å²) in [6.07, 6.45) is 0. The van der Waals surface area contributed by atoms with Gasteiger partial charge < -0.3 is 24.8 Å². The molecule has 0 unspecified atom stereocenters. The smallest absolute Gasteiger partial charge is 0.387 e. The average molecular weight is 435 g/mol. The number of rotatable bonds is 8. The van der Waals surface area contributed by atoms with Crippen LogP contribution in [0.3, 0.4) is 0 Å². The van der Waals surface area contributed by atoms with Crippen LogP contribution in [0.15, 0.2) is 42.5 Å². The van der Waals surface area contributed by atoms with Crippen LogP contribution in [-0.2, 0) is 9.53 Å². The summed E-state index contributed by atoms with van der Waals surface area (Å²) >= 11 is 0. The molecule has 31 heavy (non-hydrogen) atoms. The van der Waals surface area contributed by atoms with Crippen molar-refractivity contribution < 1.29 is 32.6 Å². The lowest BCUT2D eigenvalue weighted by atomic mass is 10.1. The molecule has 8 nitrogen and oxygen atoms in total. The van der Waals surface area contributed by atoms with Crippen LogP contribution in [0.4, 0.5) is 20.2 Å². The van der Waals surface area contributed by atoms with Crippen LogP contribution >= 0.6 is 0 Å². The number of ether oxygens (including phenoxy) is 3. The number of alkyl halides is 2. The summed E-state index contributed by atoms with van der Waals surface area (Å²) in [4.78, 5) is 26.6. The minimum Gasteiger partial charge on any atom is -0.493 e. The lowest BCUT2D eigenvalue weighted by Crippen LogP contribution is -2.41. The molecule has 1 aliphatic heterocycles. The third-order valence-electron chi connectivity index (χ3n) is 4.54. The topological polar surface area (TPSA) is 89.1 Å². The van der Waals surface area contributed by atoms with E-state index < -0.39 is 12.5 Å². The number of methoxy groups -OCH3 is 1. The van der Waals surface area contributed by atoms with Gasteiger partial charge >= 0.3 is 6.61 Å². The molecule has 10 heteroatoms. The highest BCUT2D eigenvalue weighted by molar-refractivity contribution is 6.04. The number of carbonyl (C=O) groups excluding carboxylic acids is 2. The van der Waals surface area contributed by atoms with E-state index in [1.54, 1.807) is 24.3 Å². The lowest BCUT2D eigenvalue weighted by molar-refractivity contribution is -0.118. The van der Waals surface area contributed by atoms with Gasteiger partial charge in [0.05, 0.1) is 26.9 Å². The zero-order chi connectivity index (χ0) is 22.2. The molecule has 2 amide bonds. The van der Waals surface area contributed by atoms with Crippen molar-refractivity contribution in [3.63, 3.8) is 0 Å². The molecule has 3 rings (SSSR count). The maximum absolute atomic E-state index is 12.5. The van der Waals surface area contributed by atoms with Gasteiger partial charge in [0.15, 0.2) is 11.5 Å². The Morgan fingerprint density at radius 2 is 1.68 bits per heavy atom. The summed E-state index contributed by atoms with van der Waals surface area (Å²) < 4.78 is 39.5. The zero-order valence-electron chi connectivity index (χ0n) is 16.9. The van der Waals surface area contributed by atoms with Crippen LogP contribution in [0, 0.1) is 0 Å². The molecule has 1 heterocycles.